The zero-order valence-corrected chi connectivity index (χ0v) is 14.0. The van der Waals surface area contributed by atoms with Gasteiger partial charge in [0.1, 0.15) is 0 Å². The first-order valence-corrected chi connectivity index (χ1v) is 7.89. The van der Waals surface area contributed by atoms with E-state index >= 15 is 0 Å². The molecule has 0 aliphatic rings. The van der Waals surface area contributed by atoms with E-state index in [-0.39, 0.29) is 24.9 Å². The highest BCUT2D eigenvalue weighted by Gasteiger charge is 2.14. The molecule has 0 saturated heterocycles. The van der Waals surface area contributed by atoms with Crippen LogP contribution in [-0.2, 0) is 16.0 Å². The van der Waals surface area contributed by atoms with Crippen LogP contribution >= 0.6 is 0 Å². The molecule has 5 nitrogen and oxygen atoms in total. The molecule has 1 aromatic carbocycles. The monoisotopic (exact) mass is 305 g/mol. The van der Waals surface area contributed by atoms with E-state index in [9.17, 15) is 9.59 Å². The molecule has 0 spiro atoms. The highest BCUT2D eigenvalue weighted by Crippen LogP contribution is 2.20. The summed E-state index contributed by atoms with van der Waals surface area (Å²) in [5.74, 6) is -0.141. The molecule has 0 aliphatic carbocycles. The van der Waals surface area contributed by atoms with Gasteiger partial charge in [0.2, 0.25) is 11.8 Å². The Balaban J connectivity index is 2.67. The highest BCUT2D eigenvalue weighted by atomic mass is 16.2. The van der Waals surface area contributed by atoms with Gasteiger partial charge in [-0.2, -0.15) is 0 Å². The lowest BCUT2D eigenvalue weighted by Crippen LogP contribution is -2.41. The van der Waals surface area contributed by atoms with E-state index in [0.29, 0.717) is 13.1 Å². The largest absolute Gasteiger partial charge is 0.355 e. The number of hydrogen-bond acceptors (Lipinski definition) is 3. The van der Waals surface area contributed by atoms with Crippen molar-refractivity contribution >= 4 is 17.5 Å². The third-order valence-electron chi connectivity index (χ3n) is 3.56. The smallest absolute Gasteiger partial charge is 0.238 e. The third-order valence-corrected chi connectivity index (χ3v) is 3.56. The summed E-state index contributed by atoms with van der Waals surface area (Å²) in [5, 5.41) is 5.74. The maximum absolute atomic E-state index is 12.3. The van der Waals surface area contributed by atoms with Crippen LogP contribution in [0.3, 0.4) is 0 Å². The van der Waals surface area contributed by atoms with E-state index in [1.807, 2.05) is 43.9 Å². The number of likely N-dealkylation sites (N-methyl/N-ethyl adjacent to an activating group) is 2. The van der Waals surface area contributed by atoms with E-state index in [2.05, 4.69) is 17.6 Å². The number of benzene rings is 1. The van der Waals surface area contributed by atoms with Crippen LogP contribution in [0.25, 0.3) is 0 Å². The number of hydrogen-bond donors (Lipinski definition) is 2. The van der Waals surface area contributed by atoms with Gasteiger partial charge in [0, 0.05) is 12.2 Å². The molecule has 2 N–H and O–H groups in total. The first-order valence-electron chi connectivity index (χ1n) is 7.89. The van der Waals surface area contributed by atoms with E-state index in [4.69, 9.17) is 0 Å². The van der Waals surface area contributed by atoms with E-state index in [1.165, 1.54) is 0 Å². The number of rotatable bonds is 8. The first-order chi connectivity index (χ1) is 10.5. The molecule has 1 rings (SSSR count). The highest BCUT2D eigenvalue weighted by molar-refractivity contribution is 5.94. The number of anilines is 1. The molecule has 0 saturated carbocycles. The summed E-state index contributed by atoms with van der Waals surface area (Å²) in [6, 6.07) is 6.01. The van der Waals surface area contributed by atoms with Gasteiger partial charge >= 0.3 is 0 Å². The summed E-state index contributed by atoms with van der Waals surface area (Å²) in [6.07, 6.45) is 0.869. The number of aryl methyl sites for hydroxylation is 2. The second-order valence-electron chi connectivity index (χ2n) is 5.27. The number of carbonyl (C=O) groups is 2. The van der Waals surface area contributed by atoms with Crippen molar-refractivity contribution in [1.29, 1.82) is 0 Å². The van der Waals surface area contributed by atoms with Crippen molar-refractivity contribution in [3.63, 3.8) is 0 Å². The van der Waals surface area contributed by atoms with Crippen molar-refractivity contribution in [3.05, 3.63) is 29.3 Å². The Morgan fingerprint density at radius 2 is 1.77 bits per heavy atom. The third kappa shape index (κ3) is 5.48. The summed E-state index contributed by atoms with van der Waals surface area (Å²) in [7, 11) is 0. The Morgan fingerprint density at radius 3 is 2.36 bits per heavy atom. The number of nitrogens with one attached hydrogen (secondary N) is 2. The number of amides is 2. The lowest BCUT2D eigenvalue weighted by molar-refractivity contribution is -0.123. The molecule has 0 radical (unpaired) electrons. The first kappa shape index (κ1) is 18.2. The fraction of sp³-hybridized carbons (Fsp3) is 0.529. The quantitative estimate of drug-likeness (QED) is 0.772. The molecule has 0 aromatic heterocycles. The van der Waals surface area contributed by atoms with Gasteiger partial charge in [-0.05, 0) is 37.9 Å². The molecule has 0 heterocycles. The Hall–Kier alpha value is -1.88. The predicted molar refractivity (Wildman–Crippen MR) is 90.0 cm³/mol. The van der Waals surface area contributed by atoms with Crippen molar-refractivity contribution < 1.29 is 9.59 Å². The van der Waals surface area contributed by atoms with Crippen LogP contribution in [0.5, 0.6) is 0 Å². The number of carbonyl (C=O) groups excluding carboxylic acids is 2. The van der Waals surface area contributed by atoms with Crippen LogP contribution in [0.1, 0.15) is 31.9 Å². The Bertz CT molecular complexity index is 515. The average molecular weight is 305 g/mol. The van der Waals surface area contributed by atoms with Gasteiger partial charge in [0.15, 0.2) is 0 Å². The van der Waals surface area contributed by atoms with E-state index in [1.54, 1.807) is 0 Å². The topological polar surface area (TPSA) is 61.4 Å². The van der Waals surface area contributed by atoms with Crippen molar-refractivity contribution in [1.82, 2.24) is 10.2 Å². The van der Waals surface area contributed by atoms with Gasteiger partial charge in [-0.25, -0.2) is 0 Å². The molecule has 5 heteroatoms. The molecule has 2 amide bonds. The zero-order chi connectivity index (χ0) is 16.5. The maximum atomic E-state index is 12.3. The molecular formula is C17H27N3O2. The van der Waals surface area contributed by atoms with Crippen LogP contribution in [0.2, 0.25) is 0 Å². The van der Waals surface area contributed by atoms with Crippen LogP contribution < -0.4 is 10.6 Å². The van der Waals surface area contributed by atoms with Crippen molar-refractivity contribution in [2.45, 2.75) is 34.1 Å². The van der Waals surface area contributed by atoms with Crippen molar-refractivity contribution in [2.24, 2.45) is 0 Å². The van der Waals surface area contributed by atoms with Crippen LogP contribution in [0.4, 0.5) is 5.69 Å². The predicted octanol–water partition coefficient (Wildman–Crippen LogP) is 1.95. The average Bonchev–Trinajstić information content (AvgIpc) is 2.48. The van der Waals surface area contributed by atoms with Gasteiger partial charge in [-0.1, -0.05) is 32.0 Å². The van der Waals surface area contributed by atoms with E-state index in [0.717, 1.165) is 23.2 Å². The molecular weight excluding hydrogens is 278 g/mol. The lowest BCUT2D eigenvalue weighted by Gasteiger charge is -2.20. The summed E-state index contributed by atoms with van der Waals surface area (Å²) in [4.78, 5) is 25.7. The number of para-hydroxylation sites is 1. The van der Waals surface area contributed by atoms with Crippen LogP contribution in [0.15, 0.2) is 18.2 Å². The number of nitrogens with zero attached hydrogens (tertiary/aromatic N) is 1. The molecule has 0 atom stereocenters. The SMILES string of the molecule is CCNC(=O)CN(CC)CC(=O)Nc1c(C)cccc1CC. The second-order valence-corrected chi connectivity index (χ2v) is 5.27. The Morgan fingerprint density at radius 1 is 1.09 bits per heavy atom. The Labute approximate surface area is 133 Å². The second kappa shape index (κ2) is 9.20. The minimum Gasteiger partial charge on any atom is -0.355 e. The summed E-state index contributed by atoms with van der Waals surface area (Å²) in [5.41, 5.74) is 3.07. The fourth-order valence-corrected chi connectivity index (χ4v) is 2.32. The lowest BCUT2D eigenvalue weighted by atomic mass is 10.1. The molecule has 122 valence electrons. The molecule has 0 aliphatic heterocycles. The molecule has 0 unspecified atom stereocenters. The summed E-state index contributed by atoms with van der Waals surface area (Å²) < 4.78 is 0. The molecule has 0 fully saturated rings. The van der Waals surface area contributed by atoms with Gasteiger partial charge in [0.25, 0.3) is 0 Å². The molecule has 22 heavy (non-hydrogen) atoms. The van der Waals surface area contributed by atoms with E-state index < -0.39 is 0 Å². The van der Waals surface area contributed by atoms with Gasteiger partial charge in [-0.3, -0.25) is 14.5 Å². The standard InChI is InChI=1S/C17H27N3O2/c1-5-14-10-8-9-13(4)17(14)19-16(22)12-20(7-3)11-15(21)18-6-2/h8-10H,5-7,11-12H2,1-4H3,(H,18,21)(H,19,22). The maximum Gasteiger partial charge on any atom is 0.238 e. The van der Waals surface area contributed by atoms with Crippen LogP contribution in [-0.4, -0.2) is 42.9 Å². The van der Waals surface area contributed by atoms with Crippen molar-refractivity contribution in [3.8, 4) is 0 Å². The molecule has 1 aromatic rings. The van der Waals surface area contributed by atoms with Gasteiger partial charge < -0.3 is 10.6 Å². The van der Waals surface area contributed by atoms with Gasteiger partial charge in [-0.15, -0.1) is 0 Å². The normalized spacial score (nSPS) is 10.6. The minimum absolute atomic E-state index is 0.0534. The molecule has 0 bridgehead atoms. The minimum atomic E-state index is -0.0878. The zero-order valence-electron chi connectivity index (χ0n) is 14.0. The summed E-state index contributed by atoms with van der Waals surface area (Å²) >= 11 is 0. The Kier molecular flexibility index (Phi) is 7.60. The van der Waals surface area contributed by atoms with Crippen LogP contribution in [0, 0.1) is 6.92 Å². The summed E-state index contributed by atoms with van der Waals surface area (Å²) in [6.45, 7) is 9.59. The van der Waals surface area contributed by atoms with Crippen molar-refractivity contribution in [2.75, 3.05) is 31.5 Å². The fourth-order valence-electron chi connectivity index (χ4n) is 2.32. The van der Waals surface area contributed by atoms with Gasteiger partial charge in [0.05, 0.1) is 13.1 Å².